The number of amides is 1. The molecular formula is C21H25N5O2S. The highest BCUT2D eigenvalue weighted by Crippen LogP contribution is 2.34. The maximum atomic E-state index is 12.9. The Bertz CT molecular complexity index is 1040. The number of likely N-dealkylation sites (tertiary alicyclic amines) is 1. The van der Waals surface area contributed by atoms with Crippen LogP contribution in [0.4, 0.5) is 5.69 Å². The van der Waals surface area contributed by atoms with Gasteiger partial charge in [-0.2, -0.15) is 0 Å². The molecule has 0 aliphatic carbocycles. The van der Waals surface area contributed by atoms with Crippen molar-refractivity contribution in [2.24, 2.45) is 0 Å². The molecule has 0 saturated carbocycles. The van der Waals surface area contributed by atoms with Gasteiger partial charge in [-0.05, 0) is 45.5 Å². The zero-order chi connectivity index (χ0) is 20.0. The number of aromatic nitrogens is 2. The Kier molecular flexibility index (Phi) is 4.75. The number of hydrogen-bond acceptors (Lipinski definition) is 7. The first kappa shape index (κ1) is 18.6. The molecule has 5 rings (SSSR count). The number of anilines is 1. The van der Waals surface area contributed by atoms with Crippen molar-refractivity contribution in [1.29, 1.82) is 0 Å². The Morgan fingerprint density at radius 1 is 1.24 bits per heavy atom. The van der Waals surface area contributed by atoms with E-state index in [1.807, 2.05) is 4.90 Å². The topological polar surface area (TPSA) is 65.7 Å². The summed E-state index contributed by atoms with van der Waals surface area (Å²) >= 11 is 1.39. The lowest BCUT2D eigenvalue weighted by Gasteiger charge is -2.19. The van der Waals surface area contributed by atoms with Crippen molar-refractivity contribution in [1.82, 2.24) is 19.9 Å². The number of thiazole rings is 1. The lowest BCUT2D eigenvalue weighted by Crippen LogP contribution is -2.34. The van der Waals surface area contributed by atoms with Crippen LogP contribution in [0.2, 0.25) is 0 Å². The number of likely N-dealkylation sites (N-methyl/N-ethyl adjacent to an activating group) is 1. The van der Waals surface area contributed by atoms with E-state index < -0.39 is 0 Å². The highest BCUT2D eigenvalue weighted by atomic mass is 32.1. The maximum Gasteiger partial charge on any atom is 0.265 e. The number of hydrogen-bond donors (Lipinski definition) is 0. The third-order valence-electron chi connectivity index (χ3n) is 6.03. The summed E-state index contributed by atoms with van der Waals surface area (Å²) in [6.45, 7) is 3.75. The number of rotatable bonds is 4. The number of nitrogens with zero attached hydrogens (tertiary/aromatic N) is 5. The van der Waals surface area contributed by atoms with E-state index in [0.717, 1.165) is 48.6 Å². The van der Waals surface area contributed by atoms with Gasteiger partial charge < -0.3 is 19.2 Å². The first-order valence-electron chi connectivity index (χ1n) is 10.2. The molecule has 0 bridgehead atoms. The fourth-order valence-electron chi connectivity index (χ4n) is 4.24. The number of benzene rings is 1. The zero-order valence-corrected chi connectivity index (χ0v) is 17.6. The van der Waals surface area contributed by atoms with Gasteiger partial charge in [0.2, 0.25) is 0 Å². The first-order valence-corrected chi connectivity index (χ1v) is 11.0. The normalized spacial score (nSPS) is 19.8. The quantitative estimate of drug-likeness (QED) is 0.656. The molecule has 0 N–H and O–H groups in total. The molecule has 2 saturated heterocycles. The summed E-state index contributed by atoms with van der Waals surface area (Å²) in [5, 5.41) is 5.93. The second-order valence-electron chi connectivity index (χ2n) is 8.09. The number of fused-ring (bicyclic) bond motifs is 1. The average Bonchev–Trinajstić information content (AvgIpc) is 3.53. The SMILES string of the molecule is CN(C)[C@H]1CCN(C(=O)c2cnc(-c3noc4cc(N5CCCC5)ccc34)s2)C1. The molecule has 4 heterocycles. The molecule has 152 valence electrons. The van der Waals surface area contributed by atoms with Gasteiger partial charge >= 0.3 is 0 Å². The molecule has 2 aliphatic heterocycles. The van der Waals surface area contributed by atoms with Crippen LogP contribution in [0.1, 0.15) is 28.9 Å². The second kappa shape index (κ2) is 7.42. The van der Waals surface area contributed by atoms with Gasteiger partial charge in [0.25, 0.3) is 5.91 Å². The van der Waals surface area contributed by atoms with Crippen molar-refractivity contribution in [2.75, 3.05) is 45.2 Å². The summed E-state index contributed by atoms with van der Waals surface area (Å²) in [5.74, 6) is 0.0576. The predicted molar refractivity (Wildman–Crippen MR) is 115 cm³/mol. The van der Waals surface area contributed by atoms with E-state index >= 15 is 0 Å². The second-order valence-corrected chi connectivity index (χ2v) is 9.12. The summed E-state index contributed by atoms with van der Waals surface area (Å²) in [6, 6.07) is 6.66. The highest BCUT2D eigenvalue weighted by Gasteiger charge is 2.29. The van der Waals surface area contributed by atoms with E-state index in [-0.39, 0.29) is 5.91 Å². The van der Waals surface area contributed by atoms with Gasteiger partial charge in [0.05, 0.1) is 11.6 Å². The molecule has 8 heteroatoms. The van der Waals surface area contributed by atoms with Crippen LogP contribution in [-0.2, 0) is 0 Å². The third-order valence-corrected chi connectivity index (χ3v) is 7.02. The Labute approximate surface area is 173 Å². The summed E-state index contributed by atoms with van der Waals surface area (Å²) in [7, 11) is 4.13. The van der Waals surface area contributed by atoms with Crippen molar-refractivity contribution in [3.05, 3.63) is 29.3 Å². The van der Waals surface area contributed by atoms with Crippen molar-refractivity contribution < 1.29 is 9.32 Å². The molecule has 2 aliphatic rings. The van der Waals surface area contributed by atoms with Gasteiger partial charge in [-0.3, -0.25) is 4.79 Å². The van der Waals surface area contributed by atoms with Crippen LogP contribution in [-0.4, -0.2) is 72.2 Å². The molecule has 3 aromatic rings. The van der Waals surface area contributed by atoms with Gasteiger partial charge in [-0.1, -0.05) is 5.16 Å². The fraction of sp³-hybridized carbons (Fsp3) is 0.476. The average molecular weight is 412 g/mol. The van der Waals surface area contributed by atoms with Crippen molar-refractivity contribution in [2.45, 2.75) is 25.3 Å². The smallest absolute Gasteiger partial charge is 0.265 e. The van der Waals surface area contributed by atoms with Gasteiger partial charge in [0.1, 0.15) is 15.6 Å². The molecule has 1 atom stereocenters. The summed E-state index contributed by atoms with van der Waals surface area (Å²) in [5.41, 5.74) is 2.66. The minimum atomic E-state index is 0.0576. The molecular weight excluding hydrogens is 386 g/mol. The van der Waals surface area contributed by atoms with Crippen molar-refractivity contribution in [3.63, 3.8) is 0 Å². The van der Waals surface area contributed by atoms with Gasteiger partial charge in [-0.15, -0.1) is 11.3 Å². The fourth-order valence-corrected chi connectivity index (χ4v) is 5.12. The van der Waals surface area contributed by atoms with E-state index in [4.69, 9.17) is 4.52 Å². The molecule has 0 radical (unpaired) electrons. The van der Waals surface area contributed by atoms with Crippen LogP contribution in [0.3, 0.4) is 0 Å². The van der Waals surface area contributed by atoms with Crippen LogP contribution >= 0.6 is 11.3 Å². The van der Waals surface area contributed by atoms with Gasteiger partial charge in [-0.25, -0.2) is 4.98 Å². The van der Waals surface area contributed by atoms with E-state index in [1.54, 1.807) is 6.20 Å². The largest absolute Gasteiger partial charge is 0.371 e. The number of carbonyl (C=O) groups is 1. The Hall–Kier alpha value is -2.45. The molecule has 29 heavy (non-hydrogen) atoms. The monoisotopic (exact) mass is 411 g/mol. The van der Waals surface area contributed by atoms with E-state index in [2.05, 4.69) is 52.2 Å². The highest BCUT2D eigenvalue weighted by molar-refractivity contribution is 7.17. The molecule has 1 amide bonds. The maximum absolute atomic E-state index is 12.9. The standard InChI is InChI=1S/C21H25N5O2S/c1-24(2)15-7-10-26(13-15)21(27)18-12-22-20(29-18)19-16-6-5-14(11-17(16)28-23-19)25-8-3-4-9-25/h5-6,11-12,15H,3-4,7-10,13H2,1-2H3/t15-/m0/s1. The molecule has 0 unspecified atom stereocenters. The lowest BCUT2D eigenvalue weighted by molar-refractivity contribution is 0.0787. The summed E-state index contributed by atoms with van der Waals surface area (Å²) in [4.78, 5) is 24.5. The van der Waals surface area contributed by atoms with Crippen molar-refractivity contribution in [3.8, 4) is 10.7 Å². The molecule has 1 aromatic carbocycles. The van der Waals surface area contributed by atoms with Crippen LogP contribution in [0.5, 0.6) is 0 Å². The summed E-state index contributed by atoms with van der Waals surface area (Å²) < 4.78 is 5.60. The van der Waals surface area contributed by atoms with Gasteiger partial charge in [0, 0.05) is 44.0 Å². The van der Waals surface area contributed by atoms with E-state index in [0.29, 0.717) is 16.6 Å². The number of carbonyl (C=O) groups excluding carboxylic acids is 1. The Morgan fingerprint density at radius 2 is 2.07 bits per heavy atom. The van der Waals surface area contributed by atoms with Crippen LogP contribution < -0.4 is 4.90 Å². The predicted octanol–water partition coefficient (Wildman–Crippen LogP) is 3.33. The van der Waals surface area contributed by atoms with Crippen molar-refractivity contribution >= 4 is 33.9 Å². The molecule has 2 aromatic heterocycles. The molecule has 0 spiro atoms. The lowest BCUT2D eigenvalue weighted by atomic mass is 10.2. The summed E-state index contributed by atoms with van der Waals surface area (Å²) in [6.07, 6.45) is 5.16. The van der Waals surface area contributed by atoms with E-state index in [9.17, 15) is 4.79 Å². The van der Waals surface area contributed by atoms with Gasteiger partial charge in [0.15, 0.2) is 5.58 Å². The minimum absolute atomic E-state index is 0.0576. The van der Waals surface area contributed by atoms with Crippen LogP contribution in [0, 0.1) is 0 Å². The minimum Gasteiger partial charge on any atom is -0.371 e. The molecule has 2 fully saturated rings. The third kappa shape index (κ3) is 3.40. The van der Waals surface area contributed by atoms with Crippen LogP contribution in [0.15, 0.2) is 28.9 Å². The zero-order valence-electron chi connectivity index (χ0n) is 16.8. The van der Waals surface area contributed by atoms with Crippen LogP contribution in [0.25, 0.3) is 21.7 Å². The Balaban J connectivity index is 1.37. The Morgan fingerprint density at radius 3 is 2.83 bits per heavy atom. The molecule has 7 nitrogen and oxygen atoms in total. The van der Waals surface area contributed by atoms with E-state index in [1.165, 1.54) is 29.9 Å². The first-order chi connectivity index (χ1) is 14.1.